The maximum atomic E-state index is 10.2. The Bertz CT molecular complexity index is 109. The van der Waals surface area contributed by atoms with Gasteiger partial charge in [-0.2, -0.15) is 0 Å². The Hall–Kier alpha value is -0.610. The first-order chi connectivity index (χ1) is 4.06. The molecule has 0 rings (SSSR count). The lowest BCUT2D eigenvalue weighted by Crippen LogP contribution is -2.38. The van der Waals surface area contributed by atoms with Gasteiger partial charge in [-0.15, -0.1) is 0 Å². The second-order valence-corrected chi connectivity index (χ2v) is 2.23. The first kappa shape index (κ1) is 8.39. The molecule has 4 nitrogen and oxygen atoms in total. The Labute approximate surface area is 53.3 Å². The molecule has 1 unspecified atom stereocenters. The lowest BCUT2D eigenvalue weighted by molar-refractivity contribution is -0.149. The largest absolute Gasteiger partial charge is 0.481 e. The van der Waals surface area contributed by atoms with Crippen molar-refractivity contribution in [2.45, 2.75) is 6.92 Å². The number of nitrogens with two attached hydrogens (primary N) is 1. The average Bonchev–Trinajstić information content (AvgIpc) is 1.86. The van der Waals surface area contributed by atoms with Crippen LogP contribution in [-0.4, -0.2) is 29.3 Å². The summed E-state index contributed by atoms with van der Waals surface area (Å²) in [6.45, 7) is 0.938. The van der Waals surface area contributed by atoms with Crippen LogP contribution < -0.4 is 5.73 Å². The highest BCUT2D eigenvalue weighted by Gasteiger charge is 2.30. The number of carbonyl (C=O) groups is 1. The zero-order chi connectivity index (χ0) is 7.49. The zero-order valence-corrected chi connectivity index (χ0v) is 5.29. The zero-order valence-electron chi connectivity index (χ0n) is 5.29. The first-order valence-corrected chi connectivity index (χ1v) is 2.61. The quantitative estimate of drug-likeness (QED) is 0.462. The fourth-order valence-electron chi connectivity index (χ4n) is 0.219. The van der Waals surface area contributed by atoms with Gasteiger partial charge in [-0.25, -0.2) is 0 Å². The summed E-state index contributed by atoms with van der Waals surface area (Å²) in [5.41, 5.74) is 3.91. The van der Waals surface area contributed by atoms with Gasteiger partial charge < -0.3 is 15.9 Å². The van der Waals surface area contributed by atoms with Crippen LogP contribution in [0.15, 0.2) is 0 Å². The van der Waals surface area contributed by atoms with E-state index in [0.29, 0.717) is 0 Å². The van der Waals surface area contributed by atoms with Gasteiger partial charge in [0.05, 0.1) is 6.61 Å². The summed E-state index contributed by atoms with van der Waals surface area (Å²) in [7, 11) is 0. The van der Waals surface area contributed by atoms with E-state index in [2.05, 4.69) is 0 Å². The normalized spacial score (nSPS) is 16.8. The molecular formula is C5H11NO3. The van der Waals surface area contributed by atoms with Crippen molar-refractivity contribution in [3.8, 4) is 0 Å². The van der Waals surface area contributed by atoms with Crippen LogP contribution in [0, 0.1) is 5.41 Å². The van der Waals surface area contributed by atoms with Crippen LogP contribution in [0.1, 0.15) is 6.92 Å². The predicted molar refractivity (Wildman–Crippen MR) is 31.9 cm³/mol. The van der Waals surface area contributed by atoms with Gasteiger partial charge in [0.1, 0.15) is 5.41 Å². The van der Waals surface area contributed by atoms with Crippen molar-refractivity contribution < 1.29 is 15.0 Å². The molecule has 0 aromatic carbocycles. The number of rotatable bonds is 3. The van der Waals surface area contributed by atoms with E-state index < -0.39 is 18.0 Å². The molecule has 0 saturated carbocycles. The van der Waals surface area contributed by atoms with Crippen LogP contribution in [-0.2, 0) is 4.79 Å². The molecule has 0 aliphatic rings. The predicted octanol–water partition coefficient (Wildman–Crippen LogP) is -0.972. The Morgan fingerprint density at radius 3 is 2.22 bits per heavy atom. The number of aliphatic hydroxyl groups is 1. The Morgan fingerprint density at radius 1 is 1.78 bits per heavy atom. The van der Waals surface area contributed by atoms with Gasteiger partial charge in [-0.1, -0.05) is 0 Å². The molecule has 0 fully saturated rings. The summed E-state index contributed by atoms with van der Waals surface area (Å²) in [5, 5.41) is 16.9. The minimum absolute atomic E-state index is 0.0428. The highest BCUT2D eigenvalue weighted by Crippen LogP contribution is 2.11. The molecule has 54 valence electrons. The summed E-state index contributed by atoms with van der Waals surface area (Å²) < 4.78 is 0. The fourth-order valence-corrected chi connectivity index (χ4v) is 0.219. The highest BCUT2D eigenvalue weighted by atomic mass is 16.4. The number of hydrogen-bond donors (Lipinski definition) is 3. The molecule has 0 saturated heterocycles. The van der Waals surface area contributed by atoms with E-state index in [1.807, 2.05) is 0 Å². The minimum Gasteiger partial charge on any atom is -0.481 e. The molecule has 0 aromatic heterocycles. The molecule has 0 aliphatic heterocycles. The van der Waals surface area contributed by atoms with E-state index in [4.69, 9.17) is 15.9 Å². The van der Waals surface area contributed by atoms with E-state index in [1.54, 1.807) is 0 Å². The number of aliphatic hydroxyl groups excluding tert-OH is 1. The average molecular weight is 133 g/mol. The van der Waals surface area contributed by atoms with Crippen molar-refractivity contribution in [3.63, 3.8) is 0 Å². The monoisotopic (exact) mass is 133 g/mol. The van der Waals surface area contributed by atoms with Crippen molar-refractivity contribution in [1.29, 1.82) is 0 Å². The minimum atomic E-state index is -1.17. The maximum absolute atomic E-state index is 10.2. The molecule has 0 bridgehead atoms. The topological polar surface area (TPSA) is 83.5 Å². The van der Waals surface area contributed by atoms with Crippen molar-refractivity contribution in [2.75, 3.05) is 13.2 Å². The van der Waals surface area contributed by atoms with Gasteiger partial charge in [0.15, 0.2) is 0 Å². The molecule has 0 amide bonds. The van der Waals surface area contributed by atoms with E-state index in [-0.39, 0.29) is 6.54 Å². The fraction of sp³-hybridized carbons (Fsp3) is 0.800. The van der Waals surface area contributed by atoms with Crippen molar-refractivity contribution in [1.82, 2.24) is 0 Å². The molecule has 0 heterocycles. The summed E-state index contributed by atoms with van der Waals surface area (Å²) >= 11 is 0. The lowest BCUT2D eigenvalue weighted by atomic mass is 9.93. The van der Waals surface area contributed by atoms with Crippen LogP contribution in [0.2, 0.25) is 0 Å². The van der Waals surface area contributed by atoms with Gasteiger partial charge in [-0.05, 0) is 6.92 Å². The Morgan fingerprint density at radius 2 is 2.22 bits per heavy atom. The molecule has 1 atom stereocenters. The SMILES string of the molecule is CC(CN)(CO)C(=O)O. The molecule has 0 aromatic rings. The summed E-state index contributed by atoms with van der Waals surface area (Å²) in [6.07, 6.45) is 0. The molecule has 0 aliphatic carbocycles. The third-order valence-electron chi connectivity index (χ3n) is 1.32. The van der Waals surface area contributed by atoms with E-state index >= 15 is 0 Å². The molecule has 0 spiro atoms. The maximum Gasteiger partial charge on any atom is 0.312 e. The summed E-state index contributed by atoms with van der Waals surface area (Å²) in [4.78, 5) is 10.2. The first-order valence-electron chi connectivity index (χ1n) is 2.61. The number of carboxylic acid groups (broad SMARTS) is 1. The third-order valence-corrected chi connectivity index (χ3v) is 1.32. The summed E-state index contributed by atoms with van der Waals surface area (Å²) in [5.74, 6) is -1.06. The molecule has 9 heavy (non-hydrogen) atoms. The number of carboxylic acids is 1. The number of hydrogen-bond acceptors (Lipinski definition) is 3. The third kappa shape index (κ3) is 1.65. The van der Waals surface area contributed by atoms with E-state index in [9.17, 15) is 4.79 Å². The molecule has 4 heteroatoms. The standard InChI is InChI=1S/C5H11NO3/c1-5(2-6,3-7)4(8)9/h7H,2-3,6H2,1H3,(H,8,9). The number of aliphatic carboxylic acids is 1. The van der Waals surface area contributed by atoms with Crippen LogP contribution >= 0.6 is 0 Å². The van der Waals surface area contributed by atoms with Crippen LogP contribution in [0.5, 0.6) is 0 Å². The van der Waals surface area contributed by atoms with Gasteiger partial charge in [-0.3, -0.25) is 4.79 Å². The van der Waals surface area contributed by atoms with Crippen molar-refractivity contribution >= 4 is 5.97 Å². The Kier molecular flexibility index (Phi) is 2.61. The smallest absolute Gasteiger partial charge is 0.312 e. The van der Waals surface area contributed by atoms with Gasteiger partial charge in [0, 0.05) is 6.54 Å². The van der Waals surface area contributed by atoms with Gasteiger partial charge >= 0.3 is 5.97 Å². The molecule has 0 radical (unpaired) electrons. The van der Waals surface area contributed by atoms with Crippen LogP contribution in [0.3, 0.4) is 0 Å². The van der Waals surface area contributed by atoms with Crippen molar-refractivity contribution in [3.05, 3.63) is 0 Å². The second-order valence-electron chi connectivity index (χ2n) is 2.23. The molecule has 4 N–H and O–H groups in total. The van der Waals surface area contributed by atoms with Crippen LogP contribution in [0.4, 0.5) is 0 Å². The van der Waals surface area contributed by atoms with E-state index in [1.165, 1.54) is 6.92 Å². The van der Waals surface area contributed by atoms with Crippen molar-refractivity contribution in [2.24, 2.45) is 11.1 Å². The molecular weight excluding hydrogens is 122 g/mol. The summed E-state index contributed by atoms with van der Waals surface area (Å²) in [6, 6.07) is 0. The van der Waals surface area contributed by atoms with Gasteiger partial charge in [0.2, 0.25) is 0 Å². The van der Waals surface area contributed by atoms with Gasteiger partial charge in [0.25, 0.3) is 0 Å². The Balaban J connectivity index is 4.09. The van der Waals surface area contributed by atoms with E-state index in [0.717, 1.165) is 0 Å². The lowest BCUT2D eigenvalue weighted by Gasteiger charge is -2.18. The van der Waals surface area contributed by atoms with Crippen LogP contribution in [0.25, 0.3) is 0 Å². The second kappa shape index (κ2) is 2.80. The highest BCUT2D eigenvalue weighted by molar-refractivity contribution is 5.74.